The van der Waals surface area contributed by atoms with Crippen molar-refractivity contribution in [3.05, 3.63) is 29.5 Å². The van der Waals surface area contributed by atoms with Crippen molar-refractivity contribution in [3.8, 4) is 5.75 Å². The monoisotopic (exact) mass is 384 g/mol. The third-order valence-corrected chi connectivity index (χ3v) is 7.39. The Kier molecular flexibility index (Phi) is 4.00. The van der Waals surface area contributed by atoms with Crippen molar-refractivity contribution < 1.29 is 19.4 Å². The van der Waals surface area contributed by atoms with E-state index in [-0.39, 0.29) is 17.9 Å². The Morgan fingerprint density at radius 3 is 2.93 bits per heavy atom. The summed E-state index contributed by atoms with van der Waals surface area (Å²) in [4.78, 5) is 19.4. The van der Waals surface area contributed by atoms with Gasteiger partial charge in [0.15, 0.2) is 0 Å². The summed E-state index contributed by atoms with van der Waals surface area (Å²) in [7, 11) is 3.16. The number of benzene rings is 1. The van der Waals surface area contributed by atoms with E-state index in [1.165, 1.54) is 12.7 Å². The minimum Gasteiger partial charge on any atom is -0.497 e. The first-order valence-electron chi connectivity index (χ1n) is 10.2. The number of H-pyrrole nitrogens is 1. The molecule has 4 heterocycles. The van der Waals surface area contributed by atoms with Crippen LogP contribution in [0.2, 0.25) is 0 Å². The third kappa shape index (κ3) is 2.25. The largest absolute Gasteiger partial charge is 0.497 e. The Bertz CT molecular complexity index is 936. The zero-order chi connectivity index (χ0) is 19.6. The lowest BCUT2D eigenvalue weighted by Crippen LogP contribution is -2.68. The first-order chi connectivity index (χ1) is 13.5. The molecule has 3 fully saturated rings. The molecule has 4 bridgehead atoms. The van der Waals surface area contributed by atoms with E-state index < -0.39 is 11.5 Å². The van der Waals surface area contributed by atoms with Crippen molar-refractivity contribution in [3.63, 3.8) is 0 Å². The van der Waals surface area contributed by atoms with Gasteiger partial charge in [-0.2, -0.15) is 0 Å². The number of nitrogens with zero attached hydrogens (tertiary/aromatic N) is 1. The van der Waals surface area contributed by atoms with Gasteiger partial charge in [0.05, 0.1) is 20.3 Å². The molecule has 6 rings (SSSR count). The number of rotatable bonds is 3. The molecule has 0 spiro atoms. The highest BCUT2D eigenvalue weighted by atomic mass is 16.5. The van der Waals surface area contributed by atoms with E-state index in [1.807, 2.05) is 19.1 Å². The molecule has 1 aliphatic carbocycles. The van der Waals surface area contributed by atoms with Gasteiger partial charge in [0.2, 0.25) is 0 Å². The van der Waals surface area contributed by atoms with Crippen LogP contribution in [-0.2, 0) is 21.4 Å². The minimum absolute atomic E-state index is 0.0406. The number of esters is 1. The van der Waals surface area contributed by atoms with Crippen LogP contribution in [0.3, 0.4) is 0 Å². The van der Waals surface area contributed by atoms with Crippen molar-refractivity contribution in [2.24, 2.45) is 11.8 Å². The molecule has 0 amide bonds. The third-order valence-electron chi connectivity index (χ3n) is 7.39. The molecule has 3 aliphatic heterocycles. The highest BCUT2D eigenvalue weighted by Gasteiger charge is 2.63. The Hall–Kier alpha value is -2.05. The molecule has 1 aromatic heterocycles. The standard InChI is InChI=1S/C22H28N2O4/c1-12(25)16-8-13-10-22(21(26)28-3)19-15(6-7-24(11-13)20(16)22)17-9-14(27-2)4-5-18(17)23-19/h4-5,9,12-13,16,20,23,25H,6-8,10-11H2,1-3H3/t12?,13-,16+,20+,22-/m1/s1. The number of hydrogen-bond acceptors (Lipinski definition) is 5. The first-order valence-corrected chi connectivity index (χ1v) is 10.2. The van der Waals surface area contributed by atoms with Gasteiger partial charge in [-0.1, -0.05) is 0 Å². The molecule has 0 radical (unpaired) electrons. The van der Waals surface area contributed by atoms with Crippen LogP contribution in [0.1, 0.15) is 31.0 Å². The molecule has 6 heteroatoms. The number of ether oxygens (including phenoxy) is 2. The molecule has 150 valence electrons. The van der Waals surface area contributed by atoms with E-state index in [2.05, 4.69) is 16.0 Å². The number of methoxy groups -OCH3 is 2. The number of nitrogens with one attached hydrogen (secondary N) is 1. The number of fused-ring (bicyclic) bond motifs is 4. The SMILES string of the molecule is COC(=O)[C@@]12C[C@H]3C[C@@H](C(C)O)[C@@H]1N(CCc1c2[nH]c2ccc(OC)cc12)C3. The zero-order valence-corrected chi connectivity index (χ0v) is 16.7. The number of aromatic amines is 1. The van der Waals surface area contributed by atoms with E-state index >= 15 is 0 Å². The van der Waals surface area contributed by atoms with Gasteiger partial charge in [-0.25, -0.2) is 0 Å². The maximum atomic E-state index is 13.4. The summed E-state index contributed by atoms with van der Waals surface area (Å²) in [6.45, 7) is 3.75. The zero-order valence-electron chi connectivity index (χ0n) is 16.7. The fraction of sp³-hybridized carbons (Fsp3) is 0.591. The quantitative estimate of drug-likeness (QED) is 0.794. The predicted molar refractivity (Wildman–Crippen MR) is 106 cm³/mol. The van der Waals surface area contributed by atoms with Crippen LogP contribution >= 0.6 is 0 Å². The summed E-state index contributed by atoms with van der Waals surface area (Å²) in [5.41, 5.74) is 2.46. The van der Waals surface area contributed by atoms with E-state index in [4.69, 9.17) is 9.47 Å². The predicted octanol–water partition coefficient (Wildman–Crippen LogP) is 2.23. The highest BCUT2D eigenvalue weighted by molar-refractivity contribution is 5.92. The molecule has 6 atom stereocenters. The van der Waals surface area contributed by atoms with Crippen molar-refractivity contribution in [2.75, 3.05) is 27.3 Å². The smallest absolute Gasteiger partial charge is 0.319 e. The molecule has 2 N–H and O–H groups in total. The molecular weight excluding hydrogens is 356 g/mol. The summed E-state index contributed by atoms with van der Waals surface area (Å²) in [5.74, 6) is 1.09. The second-order valence-corrected chi connectivity index (χ2v) is 8.75. The lowest BCUT2D eigenvalue weighted by atomic mass is 9.56. The maximum Gasteiger partial charge on any atom is 0.319 e. The van der Waals surface area contributed by atoms with Crippen LogP contribution in [0.4, 0.5) is 0 Å². The van der Waals surface area contributed by atoms with Crippen LogP contribution in [0.5, 0.6) is 5.75 Å². The summed E-state index contributed by atoms with van der Waals surface area (Å²) in [6, 6.07) is 5.99. The topological polar surface area (TPSA) is 74.8 Å². The first kappa shape index (κ1) is 18.0. The van der Waals surface area contributed by atoms with Crippen molar-refractivity contribution in [1.29, 1.82) is 0 Å². The van der Waals surface area contributed by atoms with Gasteiger partial charge in [-0.05, 0) is 55.9 Å². The van der Waals surface area contributed by atoms with E-state index in [1.54, 1.807) is 7.11 Å². The minimum atomic E-state index is -0.754. The van der Waals surface area contributed by atoms with Crippen molar-refractivity contribution in [1.82, 2.24) is 9.88 Å². The van der Waals surface area contributed by atoms with E-state index in [0.29, 0.717) is 5.92 Å². The molecule has 2 saturated heterocycles. The van der Waals surface area contributed by atoms with Crippen LogP contribution in [0.25, 0.3) is 10.9 Å². The normalized spacial score (nSPS) is 34.6. The summed E-state index contributed by atoms with van der Waals surface area (Å²) in [6.07, 6.45) is 2.17. The molecular formula is C22H28N2O4. The van der Waals surface area contributed by atoms with Gasteiger partial charge in [-0.3, -0.25) is 9.69 Å². The summed E-state index contributed by atoms with van der Waals surface area (Å²) in [5, 5.41) is 11.7. The number of hydrogen-bond donors (Lipinski definition) is 2. The van der Waals surface area contributed by atoms with Gasteiger partial charge in [0.1, 0.15) is 11.2 Å². The number of aromatic nitrogens is 1. The van der Waals surface area contributed by atoms with Gasteiger partial charge < -0.3 is 19.6 Å². The van der Waals surface area contributed by atoms with Gasteiger partial charge in [0.25, 0.3) is 0 Å². The van der Waals surface area contributed by atoms with Crippen LogP contribution in [-0.4, -0.2) is 60.4 Å². The lowest BCUT2D eigenvalue weighted by Gasteiger charge is -2.58. The van der Waals surface area contributed by atoms with E-state index in [9.17, 15) is 9.90 Å². The number of aliphatic hydroxyl groups excluding tert-OH is 1. The Morgan fingerprint density at radius 1 is 1.39 bits per heavy atom. The maximum absolute atomic E-state index is 13.4. The summed E-state index contributed by atoms with van der Waals surface area (Å²) >= 11 is 0. The Balaban J connectivity index is 1.78. The number of aliphatic hydroxyl groups is 1. The molecule has 4 aliphatic rings. The van der Waals surface area contributed by atoms with Crippen LogP contribution < -0.4 is 4.74 Å². The second kappa shape index (κ2) is 6.22. The molecule has 2 aromatic rings. The molecule has 1 aromatic carbocycles. The van der Waals surface area contributed by atoms with Crippen LogP contribution in [0, 0.1) is 11.8 Å². The average molecular weight is 384 g/mol. The van der Waals surface area contributed by atoms with Crippen molar-refractivity contribution >= 4 is 16.9 Å². The Labute approximate surface area is 164 Å². The summed E-state index contributed by atoms with van der Waals surface area (Å²) < 4.78 is 10.9. The highest BCUT2D eigenvalue weighted by Crippen LogP contribution is 2.55. The second-order valence-electron chi connectivity index (χ2n) is 8.75. The fourth-order valence-electron chi connectivity index (χ4n) is 6.38. The van der Waals surface area contributed by atoms with Crippen molar-refractivity contribution in [2.45, 2.75) is 43.7 Å². The van der Waals surface area contributed by atoms with Gasteiger partial charge >= 0.3 is 5.97 Å². The number of carbonyl (C=O) groups excluding carboxylic acids is 1. The van der Waals surface area contributed by atoms with E-state index in [0.717, 1.165) is 54.7 Å². The Morgan fingerprint density at radius 2 is 2.21 bits per heavy atom. The lowest BCUT2D eigenvalue weighted by molar-refractivity contribution is -0.166. The molecule has 1 saturated carbocycles. The number of carbonyl (C=O) groups is 1. The van der Waals surface area contributed by atoms with Gasteiger partial charge in [-0.15, -0.1) is 0 Å². The molecule has 28 heavy (non-hydrogen) atoms. The molecule has 6 nitrogen and oxygen atoms in total. The molecule has 2 unspecified atom stereocenters. The van der Waals surface area contributed by atoms with Crippen LogP contribution in [0.15, 0.2) is 18.2 Å². The fourth-order valence-corrected chi connectivity index (χ4v) is 6.38. The van der Waals surface area contributed by atoms with Gasteiger partial charge in [0, 0.05) is 41.6 Å². The average Bonchev–Trinajstić information content (AvgIpc) is 3.04. The number of piperidine rings is 2.